The van der Waals surface area contributed by atoms with E-state index < -0.39 is 6.10 Å². The maximum Gasteiger partial charge on any atom is 0.0782 e. The third-order valence-corrected chi connectivity index (χ3v) is 3.25. The van der Waals surface area contributed by atoms with Crippen LogP contribution in [0.2, 0.25) is 0 Å². The number of fused-ring (bicyclic) bond motifs is 1. The largest absolute Gasteiger partial charge is 0.389 e. The first-order chi connectivity index (χ1) is 8.04. The zero-order valence-electron chi connectivity index (χ0n) is 11.1. The summed E-state index contributed by atoms with van der Waals surface area (Å²) in [5.74, 6) is 0. The van der Waals surface area contributed by atoms with Crippen molar-refractivity contribution in [3.8, 4) is 0 Å². The highest BCUT2D eigenvalue weighted by Crippen LogP contribution is 2.30. The molecular weight excluding hydrogens is 210 g/mol. The quantitative estimate of drug-likeness (QED) is 0.855. The van der Waals surface area contributed by atoms with Crippen LogP contribution in [0, 0.1) is 13.8 Å². The zero-order valence-corrected chi connectivity index (χ0v) is 11.1. The normalized spacial score (nSPS) is 13.2. The molecule has 0 aliphatic carbocycles. The molecular formula is C15H21NO. The van der Waals surface area contributed by atoms with Gasteiger partial charge in [-0.25, -0.2) is 0 Å². The topological polar surface area (TPSA) is 25.2 Å². The molecule has 1 N–H and O–H groups in total. The van der Waals surface area contributed by atoms with Crippen LogP contribution in [0.1, 0.15) is 43.1 Å². The van der Waals surface area contributed by atoms with E-state index in [0.717, 1.165) is 18.5 Å². The van der Waals surface area contributed by atoms with Crippen LogP contribution in [-0.4, -0.2) is 9.67 Å². The van der Waals surface area contributed by atoms with Crippen LogP contribution in [-0.2, 0) is 6.54 Å². The maximum absolute atomic E-state index is 9.87. The van der Waals surface area contributed by atoms with E-state index in [2.05, 4.69) is 43.7 Å². The second-order valence-electron chi connectivity index (χ2n) is 4.93. The van der Waals surface area contributed by atoms with E-state index in [9.17, 15) is 5.11 Å². The molecule has 0 bridgehead atoms. The molecule has 2 aromatic rings. The lowest BCUT2D eigenvalue weighted by Crippen LogP contribution is -1.96. The predicted octanol–water partition coefficient (Wildman–Crippen LogP) is 3.72. The van der Waals surface area contributed by atoms with Crippen molar-refractivity contribution in [3.05, 3.63) is 35.0 Å². The lowest BCUT2D eigenvalue weighted by molar-refractivity contribution is 0.200. The van der Waals surface area contributed by atoms with Gasteiger partial charge in [0, 0.05) is 23.7 Å². The highest BCUT2D eigenvalue weighted by Gasteiger charge is 2.14. The van der Waals surface area contributed by atoms with Gasteiger partial charge in [-0.05, 0) is 38.8 Å². The van der Waals surface area contributed by atoms with Crippen LogP contribution in [0.4, 0.5) is 0 Å². The van der Waals surface area contributed by atoms with Gasteiger partial charge < -0.3 is 9.67 Å². The molecule has 0 amide bonds. The summed E-state index contributed by atoms with van der Waals surface area (Å²) in [6.07, 6.45) is 2.80. The van der Waals surface area contributed by atoms with Gasteiger partial charge in [0.15, 0.2) is 0 Å². The summed E-state index contributed by atoms with van der Waals surface area (Å²) in [5.41, 5.74) is 4.86. The Balaban J connectivity index is 2.76. The number of aryl methyl sites for hydroxylation is 3. The van der Waals surface area contributed by atoms with E-state index in [1.165, 1.54) is 22.0 Å². The van der Waals surface area contributed by atoms with E-state index in [0.29, 0.717) is 0 Å². The molecule has 92 valence electrons. The molecule has 1 atom stereocenters. The fourth-order valence-corrected chi connectivity index (χ4v) is 2.61. The Bertz CT molecular complexity index is 537. The predicted molar refractivity (Wildman–Crippen MR) is 72.3 cm³/mol. The zero-order chi connectivity index (χ0) is 12.6. The monoisotopic (exact) mass is 231 g/mol. The maximum atomic E-state index is 9.87. The van der Waals surface area contributed by atoms with Gasteiger partial charge in [0.2, 0.25) is 0 Å². The molecule has 1 aromatic carbocycles. The van der Waals surface area contributed by atoms with Crippen LogP contribution in [0.5, 0.6) is 0 Å². The highest BCUT2D eigenvalue weighted by atomic mass is 16.3. The number of benzene rings is 1. The Morgan fingerprint density at radius 3 is 2.59 bits per heavy atom. The summed E-state index contributed by atoms with van der Waals surface area (Å²) < 4.78 is 2.27. The first-order valence-corrected chi connectivity index (χ1v) is 6.32. The van der Waals surface area contributed by atoms with Crippen molar-refractivity contribution < 1.29 is 5.11 Å². The lowest BCUT2D eigenvalue weighted by Gasteiger charge is -2.06. The average molecular weight is 231 g/mol. The Morgan fingerprint density at radius 2 is 2.00 bits per heavy atom. The van der Waals surface area contributed by atoms with Gasteiger partial charge in [0.05, 0.1) is 11.6 Å². The number of hydrogen-bond acceptors (Lipinski definition) is 1. The molecule has 17 heavy (non-hydrogen) atoms. The summed E-state index contributed by atoms with van der Waals surface area (Å²) in [6, 6.07) is 4.39. The Labute approximate surface area is 103 Å². The van der Waals surface area contributed by atoms with E-state index >= 15 is 0 Å². The van der Waals surface area contributed by atoms with Gasteiger partial charge in [-0.2, -0.15) is 0 Å². The summed E-state index contributed by atoms with van der Waals surface area (Å²) in [7, 11) is 0. The van der Waals surface area contributed by atoms with Crippen LogP contribution in [0.3, 0.4) is 0 Å². The van der Waals surface area contributed by atoms with E-state index in [1.54, 1.807) is 0 Å². The molecule has 0 aliphatic rings. The van der Waals surface area contributed by atoms with Crippen molar-refractivity contribution in [2.75, 3.05) is 0 Å². The second-order valence-corrected chi connectivity index (χ2v) is 4.93. The number of aliphatic hydroxyl groups excluding tert-OH is 1. The van der Waals surface area contributed by atoms with Gasteiger partial charge >= 0.3 is 0 Å². The van der Waals surface area contributed by atoms with E-state index in [-0.39, 0.29) is 0 Å². The summed E-state index contributed by atoms with van der Waals surface area (Å²) in [6.45, 7) is 9.27. The molecule has 2 rings (SSSR count). The Kier molecular flexibility index (Phi) is 3.25. The molecule has 0 spiro atoms. The van der Waals surface area contributed by atoms with Crippen molar-refractivity contribution in [2.24, 2.45) is 0 Å². The van der Waals surface area contributed by atoms with Crippen molar-refractivity contribution in [2.45, 2.75) is 46.8 Å². The molecule has 2 heteroatoms. The Morgan fingerprint density at radius 1 is 1.29 bits per heavy atom. The molecule has 1 aromatic heterocycles. The fraction of sp³-hybridized carbons (Fsp3) is 0.467. The number of aliphatic hydroxyl groups is 1. The minimum atomic E-state index is -0.406. The fourth-order valence-electron chi connectivity index (χ4n) is 2.61. The number of nitrogens with zero attached hydrogens (tertiary/aromatic N) is 1. The molecule has 0 saturated carbocycles. The van der Waals surface area contributed by atoms with Crippen molar-refractivity contribution in [1.82, 2.24) is 4.57 Å². The SMILES string of the molecule is CCCn1cc(C(C)O)c2cc(C)cc(C)c21. The van der Waals surface area contributed by atoms with Gasteiger partial charge in [-0.15, -0.1) is 0 Å². The van der Waals surface area contributed by atoms with Gasteiger partial charge in [0.25, 0.3) is 0 Å². The van der Waals surface area contributed by atoms with Crippen LogP contribution >= 0.6 is 0 Å². The average Bonchev–Trinajstić information content (AvgIpc) is 2.57. The van der Waals surface area contributed by atoms with E-state index in [1.807, 2.05) is 6.92 Å². The first-order valence-electron chi connectivity index (χ1n) is 6.32. The third-order valence-electron chi connectivity index (χ3n) is 3.25. The lowest BCUT2D eigenvalue weighted by atomic mass is 10.0. The van der Waals surface area contributed by atoms with Crippen LogP contribution in [0.25, 0.3) is 10.9 Å². The summed E-state index contributed by atoms with van der Waals surface area (Å²) in [4.78, 5) is 0. The molecule has 2 nitrogen and oxygen atoms in total. The highest BCUT2D eigenvalue weighted by molar-refractivity contribution is 5.87. The first kappa shape index (κ1) is 12.2. The molecule has 0 aliphatic heterocycles. The number of aromatic nitrogens is 1. The minimum absolute atomic E-state index is 0.406. The van der Waals surface area contributed by atoms with Gasteiger partial charge in [0.1, 0.15) is 0 Å². The van der Waals surface area contributed by atoms with Crippen molar-refractivity contribution in [3.63, 3.8) is 0 Å². The molecule has 0 fully saturated rings. The van der Waals surface area contributed by atoms with Crippen molar-refractivity contribution in [1.29, 1.82) is 0 Å². The van der Waals surface area contributed by atoms with Crippen molar-refractivity contribution >= 4 is 10.9 Å². The molecule has 0 saturated heterocycles. The summed E-state index contributed by atoms with van der Waals surface area (Å²) in [5, 5.41) is 11.1. The molecule has 0 radical (unpaired) electrons. The standard InChI is InChI=1S/C15H21NO/c1-5-6-16-9-14(12(4)17)13-8-10(2)7-11(3)15(13)16/h7-9,12,17H,5-6H2,1-4H3. The molecule has 1 unspecified atom stereocenters. The van der Waals surface area contributed by atoms with Gasteiger partial charge in [-0.1, -0.05) is 18.6 Å². The molecule has 1 heterocycles. The summed E-state index contributed by atoms with van der Waals surface area (Å²) >= 11 is 0. The minimum Gasteiger partial charge on any atom is -0.389 e. The smallest absolute Gasteiger partial charge is 0.0782 e. The number of hydrogen-bond donors (Lipinski definition) is 1. The van der Waals surface area contributed by atoms with Gasteiger partial charge in [-0.3, -0.25) is 0 Å². The van der Waals surface area contributed by atoms with Crippen LogP contribution < -0.4 is 0 Å². The Hall–Kier alpha value is -1.28. The van der Waals surface area contributed by atoms with Crippen LogP contribution in [0.15, 0.2) is 18.3 Å². The second kappa shape index (κ2) is 4.53. The number of rotatable bonds is 3. The van der Waals surface area contributed by atoms with E-state index in [4.69, 9.17) is 0 Å². The third kappa shape index (κ3) is 2.09.